The minimum atomic E-state index is -0.716. The van der Waals surface area contributed by atoms with E-state index >= 15 is 0 Å². The molecule has 2 aromatic carbocycles. The van der Waals surface area contributed by atoms with E-state index in [-0.39, 0.29) is 48.5 Å². The van der Waals surface area contributed by atoms with Crippen molar-refractivity contribution in [1.82, 2.24) is 9.80 Å². The number of benzene rings is 2. The van der Waals surface area contributed by atoms with Crippen molar-refractivity contribution in [2.45, 2.75) is 0 Å². The third kappa shape index (κ3) is 5.02. The number of ketones is 1. The minimum Gasteiger partial charge on any atom is -0.490 e. The monoisotopic (exact) mass is 515 g/mol. The average molecular weight is 516 g/mol. The van der Waals surface area contributed by atoms with Crippen LogP contribution in [0.2, 0.25) is 0 Å². The molecule has 0 spiro atoms. The van der Waals surface area contributed by atoms with Crippen LogP contribution < -0.4 is 14.8 Å². The molecule has 0 radical (unpaired) electrons. The fraction of sp³-hybridized carbons (Fsp3) is 0.308. The van der Waals surface area contributed by atoms with E-state index in [1.54, 1.807) is 12.1 Å². The van der Waals surface area contributed by atoms with Gasteiger partial charge in [0.25, 0.3) is 5.91 Å². The highest BCUT2D eigenvalue weighted by molar-refractivity contribution is 6.30. The SMILES string of the molecule is CN1C=C(c2ccc(OCC3CN(C(=O)c4cc5c(cc4F)OCC(=O)CN5)C3)c(F)c2)C=C(Cl)C1. The van der Waals surface area contributed by atoms with Crippen molar-refractivity contribution in [2.24, 2.45) is 5.92 Å². The lowest BCUT2D eigenvalue weighted by molar-refractivity contribution is -0.119. The van der Waals surface area contributed by atoms with Gasteiger partial charge in [-0.05, 0) is 35.4 Å². The quantitative estimate of drug-likeness (QED) is 0.651. The first-order chi connectivity index (χ1) is 17.3. The minimum absolute atomic E-state index is 0.00700. The second-order valence-electron chi connectivity index (χ2n) is 9.13. The first-order valence-corrected chi connectivity index (χ1v) is 11.9. The predicted octanol–water partition coefficient (Wildman–Crippen LogP) is 3.90. The topological polar surface area (TPSA) is 71.1 Å². The molecule has 3 heterocycles. The van der Waals surface area contributed by atoms with Gasteiger partial charge in [0, 0.05) is 43.4 Å². The summed E-state index contributed by atoms with van der Waals surface area (Å²) in [6.45, 7) is 1.46. The van der Waals surface area contributed by atoms with E-state index in [1.807, 2.05) is 24.2 Å². The number of Topliss-reactive ketones (excluding diaryl/α,β-unsaturated/α-hetero) is 1. The largest absolute Gasteiger partial charge is 0.490 e. The van der Waals surface area contributed by atoms with E-state index in [1.165, 1.54) is 17.0 Å². The number of amides is 1. The van der Waals surface area contributed by atoms with Gasteiger partial charge in [-0.2, -0.15) is 0 Å². The molecule has 3 aliphatic heterocycles. The summed E-state index contributed by atoms with van der Waals surface area (Å²) in [5.74, 6) is -1.52. The summed E-state index contributed by atoms with van der Waals surface area (Å²) in [6, 6.07) is 7.24. The summed E-state index contributed by atoms with van der Waals surface area (Å²) < 4.78 is 40.2. The standard InChI is InChI=1S/C26H24ClF2N3O4/c1-31-11-17(4-18(27)12-31)16-2-3-24(22(29)5-16)35-13-15-9-32(10-15)26(34)20-6-23-25(7-21(20)28)36-14-19(33)8-30-23/h2-7,11,15,30H,8-10,12-14H2,1H3. The summed E-state index contributed by atoms with van der Waals surface area (Å²) in [7, 11) is 1.89. The number of nitrogens with zero attached hydrogens (tertiary/aromatic N) is 2. The maximum atomic E-state index is 14.7. The molecule has 36 heavy (non-hydrogen) atoms. The molecule has 1 fully saturated rings. The van der Waals surface area contributed by atoms with Crippen LogP contribution in [0.5, 0.6) is 11.5 Å². The number of rotatable bonds is 5. The Morgan fingerprint density at radius 1 is 1.22 bits per heavy atom. The van der Waals surface area contributed by atoms with Crippen LogP contribution in [-0.4, -0.2) is 67.9 Å². The highest BCUT2D eigenvalue weighted by atomic mass is 35.5. The zero-order chi connectivity index (χ0) is 25.4. The highest BCUT2D eigenvalue weighted by Gasteiger charge is 2.34. The molecule has 0 aliphatic carbocycles. The van der Waals surface area contributed by atoms with Gasteiger partial charge in [0.1, 0.15) is 18.2 Å². The summed E-state index contributed by atoms with van der Waals surface area (Å²) >= 11 is 6.15. The van der Waals surface area contributed by atoms with Crippen molar-refractivity contribution in [1.29, 1.82) is 0 Å². The van der Waals surface area contributed by atoms with Crippen LogP contribution in [0.3, 0.4) is 0 Å². The highest BCUT2D eigenvalue weighted by Crippen LogP contribution is 2.32. The fourth-order valence-corrected chi connectivity index (χ4v) is 4.63. The Balaban J connectivity index is 1.17. The number of allylic oxidation sites excluding steroid dienone is 2. The van der Waals surface area contributed by atoms with Crippen molar-refractivity contribution >= 4 is 34.6 Å². The molecule has 7 nitrogen and oxygen atoms in total. The lowest BCUT2D eigenvalue weighted by Crippen LogP contribution is -2.52. The number of hydrogen-bond donors (Lipinski definition) is 1. The number of anilines is 1. The van der Waals surface area contributed by atoms with Crippen molar-refractivity contribution < 1.29 is 27.8 Å². The lowest BCUT2D eigenvalue weighted by Gasteiger charge is -2.39. The van der Waals surface area contributed by atoms with E-state index in [4.69, 9.17) is 21.1 Å². The van der Waals surface area contributed by atoms with Crippen LogP contribution in [0.4, 0.5) is 14.5 Å². The number of likely N-dealkylation sites (tertiary alicyclic amines) is 1. The Morgan fingerprint density at radius 2 is 2.03 bits per heavy atom. The third-order valence-corrected chi connectivity index (χ3v) is 6.45. The fourth-order valence-electron chi connectivity index (χ4n) is 4.33. The number of hydrogen-bond acceptors (Lipinski definition) is 6. The Morgan fingerprint density at radius 3 is 2.78 bits per heavy atom. The molecule has 5 rings (SSSR count). The molecule has 1 saturated heterocycles. The first-order valence-electron chi connectivity index (χ1n) is 11.5. The van der Waals surface area contributed by atoms with Gasteiger partial charge in [-0.25, -0.2) is 8.78 Å². The van der Waals surface area contributed by atoms with Crippen molar-refractivity contribution in [3.05, 3.63) is 70.4 Å². The molecule has 0 saturated carbocycles. The summed E-state index contributed by atoms with van der Waals surface area (Å²) in [5.41, 5.74) is 1.80. The van der Waals surface area contributed by atoms with Crippen molar-refractivity contribution in [2.75, 3.05) is 51.8 Å². The molecule has 0 bridgehead atoms. The molecule has 2 aromatic rings. The zero-order valence-electron chi connectivity index (χ0n) is 19.5. The molecule has 3 aliphatic rings. The van der Waals surface area contributed by atoms with E-state index in [0.717, 1.165) is 11.6 Å². The number of halogens is 3. The Bertz CT molecular complexity index is 1290. The van der Waals surface area contributed by atoms with Crippen LogP contribution in [0, 0.1) is 17.6 Å². The number of carbonyl (C=O) groups is 2. The van der Waals surface area contributed by atoms with E-state index in [0.29, 0.717) is 35.9 Å². The van der Waals surface area contributed by atoms with Crippen molar-refractivity contribution in [3.63, 3.8) is 0 Å². The van der Waals surface area contributed by atoms with E-state index in [2.05, 4.69) is 5.32 Å². The Kier molecular flexibility index (Phi) is 6.57. The molecule has 10 heteroatoms. The number of carbonyl (C=O) groups excluding carboxylic acids is 2. The number of likely N-dealkylation sites (N-methyl/N-ethyl adjacent to an activating group) is 1. The van der Waals surface area contributed by atoms with Crippen molar-refractivity contribution in [3.8, 4) is 11.5 Å². The molecular weight excluding hydrogens is 492 g/mol. The molecule has 0 atom stereocenters. The zero-order valence-corrected chi connectivity index (χ0v) is 20.3. The van der Waals surface area contributed by atoms with Gasteiger partial charge in [-0.1, -0.05) is 17.7 Å². The third-order valence-electron chi connectivity index (χ3n) is 6.22. The van der Waals surface area contributed by atoms with E-state index in [9.17, 15) is 18.4 Å². The van der Waals surface area contributed by atoms with Gasteiger partial charge in [0.2, 0.25) is 0 Å². The normalized spacial score (nSPS) is 17.7. The van der Waals surface area contributed by atoms with Crippen LogP contribution in [-0.2, 0) is 4.79 Å². The van der Waals surface area contributed by atoms with Crippen LogP contribution in [0.1, 0.15) is 15.9 Å². The van der Waals surface area contributed by atoms with E-state index < -0.39 is 17.5 Å². The van der Waals surface area contributed by atoms with Gasteiger partial charge in [-0.3, -0.25) is 9.59 Å². The summed E-state index contributed by atoms with van der Waals surface area (Å²) in [6.07, 6.45) is 3.71. The lowest BCUT2D eigenvalue weighted by atomic mass is 9.99. The summed E-state index contributed by atoms with van der Waals surface area (Å²) in [4.78, 5) is 27.8. The van der Waals surface area contributed by atoms with Gasteiger partial charge in [-0.15, -0.1) is 0 Å². The van der Waals surface area contributed by atoms with Crippen LogP contribution in [0.15, 0.2) is 47.6 Å². The van der Waals surface area contributed by atoms with Crippen LogP contribution >= 0.6 is 11.6 Å². The molecular formula is C26H24ClF2N3O4. The molecule has 1 amide bonds. The van der Waals surface area contributed by atoms with Gasteiger partial charge >= 0.3 is 0 Å². The number of ether oxygens (including phenoxy) is 2. The second-order valence-corrected chi connectivity index (χ2v) is 9.62. The second kappa shape index (κ2) is 9.81. The maximum Gasteiger partial charge on any atom is 0.256 e. The Labute approximate surface area is 211 Å². The first kappa shape index (κ1) is 24.1. The predicted molar refractivity (Wildman–Crippen MR) is 131 cm³/mol. The number of nitrogens with one attached hydrogen (secondary N) is 1. The molecule has 0 aromatic heterocycles. The molecule has 1 N–H and O–H groups in total. The smallest absolute Gasteiger partial charge is 0.256 e. The Hall–Kier alpha value is -3.59. The molecule has 0 unspecified atom stereocenters. The summed E-state index contributed by atoms with van der Waals surface area (Å²) in [5, 5.41) is 3.54. The van der Waals surface area contributed by atoms with Gasteiger partial charge in [0.15, 0.2) is 17.3 Å². The number of fused-ring (bicyclic) bond motifs is 1. The average Bonchev–Trinajstić information content (AvgIpc) is 2.98. The van der Waals surface area contributed by atoms with Crippen LogP contribution in [0.25, 0.3) is 5.57 Å². The maximum absolute atomic E-state index is 14.7. The van der Waals surface area contributed by atoms with Gasteiger partial charge < -0.3 is 24.6 Å². The molecule has 188 valence electrons. The van der Waals surface area contributed by atoms with Gasteiger partial charge in [0.05, 0.1) is 30.9 Å².